The van der Waals surface area contributed by atoms with Gasteiger partial charge in [-0.25, -0.2) is 4.79 Å². The summed E-state index contributed by atoms with van der Waals surface area (Å²) in [6.45, 7) is 8.08. The number of morpholine rings is 1. The number of nitrogens with zero attached hydrogens (tertiary/aromatic N) is 2. The number of esters is 1. The summed E-state index contributed by atoms with van der Waals surface area (Å²) in [6.07, 6.45) is 1.65. The van der Waals surface area contributed by atoms with Gasteiger partial charge in [-0.3, -0.25) is 9.69 Å². The van der Waals surface area contributed by atoms with Crippen LogP contribution in [0.1, 0.15) is 24.2 Å². The van der Waals surface area contributed by atoms with Gasteiger partial charge in [-0.05, 0) is 54.6 Å². The van der Waals surface area contributed by atoms with E-state index in [1.54, 1.807) is 13.1 Å². The molecule has 1 unspecified atom stereocenters. The van der Waals surface area contributed by atoms with E-state index in [1.807, 2.05) is 22.8 Å². The Morgan fingerprint density at radius 3 is 2.77 bits per heavy atom. The third-order valence-corrected chi connectivity index (χ3v) is 5.34. The van der Waals surface area contributed by atoms with Crippen LogP contribution in [-0.2, 0) is 16.0 Å². The van der Waals surface area contributed by atoms with Crippen LogP contribution in [0.3, 0.4) is 0 Å². The third kappa shape index (κ3) is 4.10. The van der Waals surface area contributed by atoms with Crippen molar-refractivity contribution in [1.29, 1.82) is 0 Å². The zero-order chi connectivity index (χ0) is 18.7. The van der Waals surface area contributed by atoms with Gasteiger partial charge in [-0.2, -0.15) is 0 Å². The highest BCUT2D eigenvalue weighted by molar-refractivity contribution is 14.1. The Bertz CT molecular complexity index is 858. The molecule has 140 valence electrons. The van der Waals surface area contributed by atoms with E-state index in [4.69, 9.17) is 9.47 Å². The van der Waals surface area contributed by atoms with Crippen LogP contribution in [-0.4, -0.2) is 54.4 Å². The monoisotopic (exact) mass is 470 g/mol. The molecule has 3 rings (SSSR count). The Kier molecular flexibility index (Phi) is 6.31. The number of hydrogen-bond donors (Lipinski definition) is 0. The Morgan fingerprint density at radius 2 is 2.08 bits per heavy atom. The van der Waals surface area contributed by atoms with E-state index in [9.17, 15) is 9.59 Å². The predicted molar refractivity (Wildman–Crippen MR) is 109 cm³/mol. The normalized spacial score (nSPS) is 16.6. The molecule has 0 aliphatic carbocycles. The van der Waals surface area contributed by atoms with Crippen LogP contribution in [0.2, 0.25) is 0 Å². The molecular formula is C19H23IN2O4. The molecule has 1 aliphatic heterocycles. The van der Waals surface area contributed by atoms with Gasteiger partial charge in [-0.15, -0.1) is 0 Å². The fourth-order valence-corrected chi connectivity index (χ4v) is 3.78. The van der Waals surface area contributed by atoms with Gasteiger partial charge in [0.1, 0.15) is 5.56 Å². The van der Waals surface area contributed by atoms with Crippen molar-refractivity contribution in [3.8, 4) is 0 Å². The maximum atomic E-state index is 12.8. The van der Waals surface area contributed by atoms with Crippen molar-refractivity contribution < 1.29 is 14.3 Å². The van der Waals surface area contributed by atoms with Crippen molar-refractivity contribution >= 4 is 39.5 Å². The smallest absolute Gasteiger partial charge is 0.343 e. The summed E-state index contributed by atoms with van der Waals surface area (Å²) < 4.78 is 13.5. The van der Waals surface area contributed by atoms with E-state index in [1.165, 1.54) is 0 Å². The molecule has 2 aromatic rings. The molecule has 1 aromatic carbocycles. The summed E-state index contributed by atoms with van der Waals surface area (Å²) >= 11 is 2.18. The average molecular weight is 470 g/mol. The number of hydrogen-bond acceptors (Lipinski definition) is 5. The molecule has 1 aromatic heterocycles. The number of pyridine rings is 1. The molecule has 0 spiro atoms. The quantitative estimate of drug-likeness (QED) is 0.497. The second-order valence-corrected chi connectivity index (χ2v) is 7.65. The summed E-state index contributed by atoms with van der Waals surface area (Å²) in [5.41, 5.74) is 0.659. The topological polar surface area (TPSA) is 60.8 Å². The molecule has 0 radical (unpaired) electrons. The minimum atomic E-state index is -0.564. The van der Waals surface area contributed by atoms with Crippen molar-refractivity contribution in [3.63, 3.8) is 0 Å². The summed E-state index contributed by atoms with van der Waals surface area (Å²) in [5.74, 6) is -0.564. The van der Waals surface area contributed by atoms with Gasteiger partial charge < -0.3 is 14.0 Å². The molecule has 0 saturated carbocycles. The number of ether oxygens (including phenoxy) is 2. The van der Waals surface area contributed by atoms with Crippen molar-refractivity contribution in [2.24, 2.45) is 0 Å². The lowest BCUT2D eigenvalue weighted by Crippen LogP contribution is -2.44. The number of rotatable bonds is 5. The molecule has 7 heteroatoms. The van der Waals surface area contributed by atoms with Gasteiger partial charge in [0, 0.05) is 40.8 Å². The predicted octanol–water partition coefficient (Wildman–Crippen LogP) is 2.50. The van der Waals surface area contributed by atoms with Gasteiger partial charge in [0.2, 0.25) is 5.43 Å². The molecule has 1 aliphatic rings. The van der Waals surface area contributed by atoms with E-state index < -0.39 is 5.97 Å². The molecule has 1 atom stereocenters. The van der Waals surface area contributed by atoms with Gasteiger partial charge in [-0.1, -0.05) is 0 Å². The molecule has 0 bridgehead atoms. The van der Waals surface area contributed by atoms with Crippen LogP contribution in [0.4, 0.5) is 0 Å². The third-order valence-electron chi connectivity index (χ3n) is 4.67. The van der Waals surface area contributed by atoms with Gasteiger partial charge in [0.15, 0.2) is 0 Å². The number of carbonyl (C=O) groups is 1. The fraction of sp³-hybridized carbons (Fsp3) is 0.474. The minimum absolute atomic E-state index is 0.0931. The van der Waals surface area contributed by atoms with Crippen LogP contribution in [0.25, 0.3) is 10.9 Å². The number of carbonyl (C=O) groups excluding carboxylic acids is 1. The average Bonchev–Trinajstić information content (AvgIpc) is 2.64. The van der Waals surface area contributed by atoms with E-state index in [0.29, 0.717) is 11.9 Å². The lowest BCUT2D eigenvalue weighted by molar-refractivity contribution is 0.0171. The molecule has 1 fully saturated rings. The number of fused-ring (bicyclic) bond motifs is 1. The van der Waals surface area contributed by atoms with E-state index in [2.05, 4.69) is 34.4 Å². The van der Waals surface area contributed by atoms with E-state index in [0.717, 1.165) is 35.4 Å². The Morgan fingerprint density at radius 1 is 1.35 bits per heavy atom. The molecule has 2 heterocycles. The lowest BCUT2D eigenvalue weighted by atomic mass is 10.1. The van der Waals surface area contributed by atoms with E-state index in [-0.39, 0.29) is 23.6 Å². The first-order valence-electron chi connectivity index (χ1n) is 8.83. The molecule has 1 saturated heterocycles. The largest absolute Gasteiger partial charge is 0.462 e. The second-order valence-electron chi connectivity index (χ2n) is 6.40. The fourth-order valence-electron chi connectivity index (χ4n) is 3.29. The second kappa shape index (κ2) is 8.49. The van der Waals surface area contributed by atoms with Crippen molar-refractivity contribution in [3.05, 3.63) is 43.8 Å². The number of aromatic nitrogens is 1. The first-order chi connectivity index (χ1) is 12.5. The van der Waals surface area contributed by atoms with Gasteiger partial charge >= 0.3 is 5.97 Å². The maximum Gasteiger partial charge on any atom is 0.343 e. The first-order valence-corrected chi connectivity index (χ1v) is 9.90. The SMILES string of the molecule is CCOC(=O)c1cn(CC(C)N2CCOCC2)c2ccc(I)cc2c1=O. The molecule has 6 nitrogen and oxygen atoms in total. The number of benzene rings is 1. The van der Waals surface area contributed by atoms with Gasteiger partial charge in [0.05, 0.1) is 25.3 Å². The Labute approximate surface area is 166 Å². The van der Waals surface area contributed by atoms with Gasteiger partial charge in [0.25, 0.3) is 0 Å². The lowest BCUT2D eigenvalue weighted by Gasteiger charge is -2.33. The standard InChI is InChI=1S/C19H23IN2O4/c1-3-26-19(24)16-12-22(11-13(2)21-6-8-25-9-7-21)17-5-4-14(20)10-15(17)18(16)23/h4-5,10,12-13H,3,6-9,11H2,1-2H3. The van der Waals surface area contributed by atoms with Crippen molar-refractivity contribution in [1.82, 2.24) is 9.47 Å². The Balaban J connectivity index is 2.03. The Hall–Kier alpha value is -1.45. The molecular weight excluding hydrogens is 447 g/mol. The molecule has 0 amide bonds. The van der Waals surface area contributed by atoms with Crippen LogP contribution >= 0.6 is 22.6 Å². The minimum Gasteiger partial charge on any atom is -0.462 e. The molecule has 0 N–H and O–H groups in total. The zero-order valence-electron chi connectivity index (χ0n) is 15.0. The summed E-state index contributed by atoms with van der Waals surface area (Å²) in [6, 6.07) is 6.01. The zero-order valence-corrected chi connectivity index (χ0v) is 17.2. The first kappa shape index (κ1) is 19.3. The maximum absolute atomic E-state index is 12.8. The van der Waals surface area contributed by atoms with Crippen molar-refractivity contribution in [2.75, 3.05) is 32.9 Å². The van der Waals surface area contributed by atoms with Crippen LogP contribution < -0.4 is 5.43 Å². The van der Waals surface area contributed by atoms with Crippen LogP contribution in [0.5, 0.6) is 0 Å². The highest BCUT2D eigenvalue weighted by Crippen LogP contribution is 2.18. The summed E-state index contributed by atoms with van der Waals surface area (Å²) in [5, 5.41) is 0.552. The van der Waals surface area contributed by atoms with E-state index >= 15 is 0 Å². The van der Waals surface area contributed by atoms with Crippen molar-refractivity contribution in [2.45, 2.75) is 26.4 Å². The summed E-state index contributed by atoms with van der Waals surface area (Å²) in [7, 11) is 0. The van der Waals surface area contributed by atoms with Crippen LogP contribution in [0.15, 0.2) is 29.2 Å². The summed E-state index contributed by atoms with van der Waals surface area (Å²) in [4.78, 5) is 27.4. The number of halogens is 1. The van der Waals surface area contributed by atoms with Crippen LogP contribution in [0, 0.1) is 3.57 Å². The molecule has 26 heavy (non-hydrogen) atoms. The highest BCUT2D eigenvalue weighted by atomic mass is 127. The highest BCUT2D eigenvalue weighted by Gasteiger charge is 2.21.